The summed E-state index contributed by atoms with van der Waals surface area (Å²) in [6, 6.07) is 0. The molecule has 20 heavy (non-hydrogen) atoms. The second-order valence-corrected chi connectivity index (χ2v) is 6.13. The number of rotatable bonds is 6. The minimum Gasteiger partial charge on any atom is -0.481 e. The van der Waals surface area contributed by atoms with Crippen LogP contribution in [0.15, 0.2) is 0 Å². The Labute approximate surface area is 119 Å². The molecule has 0 radical (unpaired) electrons. The number of carboxylic acids is 1. The van der Waals surface area contributed by atoms with E-state index in [0.29, 0.717) is 19.3 Å². The average molecular weight is 288 g/mol. The molecule has 3 atom stereocenters. The van der Waals surface area contributed by atoms with Gasteiger partial charge in [0.2, 0.25) is 0 Å². The summed E-state index contributed by atoms with van der Waals surface area (Å²) in [6.07, 6.45) is 2.37. The normalized spacial score (nSPS) is 25.0. The predicted molar refractivity (Wildman–Crippen MR) is 70.6 cm³/mol. The van der Waals surface area contributed by atoms with E-state index in [1.54, 1.807) is 20.8 Å². The zero-order chi connectivity index (χ0) is 15.3. The highest BCUT2D eigenvalue weighted by atomic mass is 17.2. The first-order valence-corrected chi connectivity index (χ1v) is 7.03. The lowest BCUT2D eigenvalue weighted by molar-refractivity contribution is -0.332. The predicted octanol–water partition coefficient (Wildman–Crippen LogP) is 1.90. The third kappa shape index (κ3) is 5.09. The smallest absolute Gasteiger partial charge is 0.346 e. The largest absolute Gasteiger partial charge is 0.481 e. The fraction of sp³-hybridized carbons (Fsp3) is 0.857. The molecule has 0 aromatic carbocycles. The van der Waals surface area contributed by atoms with Crippen molar-refractivity contribution in [1.29, 1.82) is 0 Å². The molecule has 0 saturated heterocycles. The Kier molecular flexibility index (Phi) is 5.95. The van der Waals surface area contributed by atoms with Gasteiger partial charge in [-0.2, -0.15) is 4.89 Å². The lowest BCUT2D eigenvalue weighted by atomic mass is 9.79. The van der Waals surface area contributed by atoms with Gasteiger partial charge in [0.1, 0.15) is 5.60 Å². The van der Waals surface area contributed by atoms with Gasteiger partial charge in [-0.05, 0) is 33.6 Å². The van der Waals surface area contributed by atoms with E-state index in [9.17, 15) is 14.7 Å². The van der Waals surface area contributed by atoms with Crippen molar-refractivity contribution < 1.29 is 29.6 Å². The van der Waals surface area contributed by atoms with E-state index in [4.69, 9.17) is 14.9 Å². The molecule has 6 nitrogen and oxygen atoms in total. The fourth-order valence-corrected chi connectivity index (χ4v) is 2.67. The van der Waals surface area contributed by atoms with Crippen LogP contribution in [0, 0.1) is 11.8 Å². The summed E-state index contributed by atoms with van der Waals surface area (Å²) in [4.78, 5) is 33.0. The fourth-order valence-electron chi connectivity index (χ4n) is 2.67. The Bertz CT molecular complexity index is 350. The van der Waals surface area contributed by atoms with Gasteiger partial charge in [-0.3, -0.25) is 9.68 Å². The minimum absolute atomic E-state index is 0.313. The van der Waals surface area contributed by atoms with Gasteiger partial charge in [-0.15, -0.1) is 0 Å². The van der Waals surface area contributed by atoms with E-state index in [1.165, 1.54) is 0 Å². The summed E-state index contributed by atoms with van der Waals surface area (Å²) in [6.45, 7) is 5.01. The first-order chi connectivity index (χ1) is 9.23. The van der Waals surface area contributed by atoms with E-state index in [-0.39, 0.29) is 0 Å². The van der Waals surface area contributed by atoms with Crippen LogP contribution in [-0.4, -0.2) is 33.9 Å². The molecule has 0 spiro atoms. The van der Waals surface area contributed by atoms with E-state index < -0.39 is 35.5 Å². The molecule has 1 aliphatic rings. The zero-order valence-electron chi connectivity index (χ0n) is 12.3. The van der Waals surface area contributed by atoms with Gasteiger partial charge in [0.15, 0.2) is 0 Å². The summed E-state index contributed by atoms with van der Waals surface area (Å²) >= 11 is 0. The highest BCUT2D eigenvalue weighted by Gasteiger charge is 2.38. The third-order valence-corrected chi connectivity index (χ3v) is 3.52. The Morgan fingerprint density at radius 3 is 2.30 bits per heavy atom. The van der Waals surface area contributed by atoms with Crippen LogP contribution in [0.2, 0.25) is 0 Å². The van der Waals surface area contributed by atoms with E-state index >= 15 is 0 Å². The number of carboxylic acid groups (broad SMARTS) is 1. The first-order valence-electron chi connectivity index (χ1n) is 7.03. The summed E-state index contributed by atoms with van der Waals surface area (Å²) in [5.41, 5.74) is -0.808. The lowest BCUT2D eigenvalue weighted by Gasteiger charge is -2.28. The van der Waals surface area contributed by atoms with Crippen molar-refractivity contribution in [2.75, 3.05) is 0 Å². The monoisotopic (exact) mass is 288 g/mol. The maximum absolute atomic E-state index is 12.0. The SMILES string of the molecule is CC(O)CC(C)(C)OOC(=O)C1CCCCC1C(=O)O. The Morgan fingerprint density at radius 1 is 1.25 bits per heavy atom. The summed E-state index contributed by atoms with van der Waals surface area (Å²) in [7, 11) is 0. The molecule has 116 valence electrons. The molecule has 6 heteroatoms. The second-order valence-electron chi connectivity index (χ2n) is 6.13. The van der Waals surface area contributed by atoms with Crippen molar-refractivity contribution in [3.63, 3.8) is 0 Å². The van der Waals surface area contributed by atoms with Crippen LogP contribution in [0.1, 0.15) is 52.9 Å². The van der Waals surface area contributed by atoms with Crippen LogP contribution < -0.4 is 0 Å². The van der Waals surface area contributed by atoms with Crippen LogP contribution in [-0.2, 0) is 19.4 Å². The number of aliphatic carboxylic acids is 1. The Hall–Kier alpha value is -1.14. The quantitative estimate of drug-likeness (QED) is 0.573. The first kappa shape index (κ1) is 16.9. The van der Waals surface area contributed by atoms with Gasteiger partial charge in [0, 0.05) is 6.42 Å². The van der Waals surface area contributed by atoms with Crippen LogP contribution in [0.25, 0.3) is 0 Å². The number of carbonyl (C=O) groups excluding carboxylic acids is 1. The van der Waals surface area contributed by atoms with Gasteiger partial charge >= 0.3 is 11.9 Å². The Balaban J connectivity index is 2.54. The Morgan fingerprint density at radius 2 is 1.80 bits per heavy atom. The lowest BCUT2D eigenvalue weighted by Crippen LogP contribution is -2.36. The molecule has 0 bridgehead atoms. The maximum Gasteiger partial charge on any atom is 0.346 e. The average Bonchev–Trinajstić information content (AvgIpc) is 2.34. The van der Waals surface area contributed by atoms with Crippen molar-refractivity contribution in [3.8, 4) is 0 Å². The molecule has 1 saturated carbocycles. The molecule has 3 unspecified atom stereocenters. The second kappa shape index (κ2) is 7.04. The standard InChI is InChI=1S/C14H24O6/c1-9(15)8-14(2,3)20-19-13(18)11-7-5-4-6-10(11)12(16)17/h9-11,15H,4-8H2,1-3H3,(H,16,17). The number of hydrogen-bond donors (Lipinski definition) is 2. The van der Waals surface area contributed by atoms with Gasteiger partial charge in [0.05, 0.1) is 17.9 Å². The topological polar surface area (TPSA) is 93.1 Å². The summed E-state index contributed by atoms with van der Waals surface area (Å²) in [5.74, 6) is -2.94. The molecule has 0 amide bonds. The van der Waals surface area contributed by atoms with Crippen LogP contribution >= 0.6 is 0 Å². The minimum atomic E-state index is -0.963. The van der Waals surface area contributed by atoms with Crippen molar-refractivity contribution in [2.45, 2.75) is 64.6 Å². The van der Waals surface area contributed by atoms with Gasteiger partial charge < -0.3 is 10.2 Å². The number of aliphatic hydroxyl groups excluding tert-OH is 1. The zero-order valence-corrected chi connectivity index (χ0v) is 12.3. The van der Waals surface area contributed by atoms with Crippen LogP contribution in [0.5, 0.6) is 0 Å². The van der Waals surface area contributed by atoms with E-state index in [0.717, 1.165) is 12.8 Å². The molecule has 1 rings (SSSR count). The van der Waals surface area contributed by atoms with Crippen molar-refractivity contribution in [2.24, 2.45) is 11.8 Å². The molecule has 1 fully saturated rings. The number of aliphatic hydroxyl groups is 1. The highest BCUT2D eigenvalue weighted by molar-refractivity contribution is 5.81. The van der Waals surface area contributed by atoms with E-state index in [2.05, 4.69) is 0 Å². The molecule has 0 heterocycles. The van der Waals surface area contributed by atoms with Gasteiger partial charge in [0.25, 0.3) is 0 Å². The van der Waals surface area contributed by atoms with Crippen molar-refractivity contribution >= 4 is 11.9 Å². The van der Waals surface area contributed by atoms with E-state index in [1.807, 2.05) is 0 Å². The summed E-state index contributed by atoms with van der Waals surface area (Å²) in [5, 5.41) is 18.4. The summed E-state index contributed by atoms with van der Waals surface area (Å²) < 4.78 is 0. The highest BCUT2D eigenvalue weighted by Crippen LogP contribution is 2.31. The molecular weight excluding hydrogens is 264 g/mol. The molecule has 0 aromatic heterocycles. The molecule has 0 aliphatic heterocycles. The molecule has 1 aliphatic carbocycles. The number of hydrogen-bond acceptors (Lipinski definition) is 5. The van der Waals surface area contributed by atoms with Gasteiger partial charge in [-0.25, -0.2) is 4.79 Å². The molecule has 0 aromatic rings. The molecular formula is C14H24O6. The van der Waals surface area contributed by atoms with Crippen LogP contribution in [0.3, 0.4) is 0 Å². The van der Waals surface area contributed by atoms with Crippen LogP contribution in [0.4, 0.5) is 0 Å². The van der Waals surface area contributed by atoms with Crippen molar-refractivity contribution in [1.82, 2.24) is 0 Å². The third-order valence-electron chi connectivity index (χ3n) is 3.52. The molecule has 2 N–H and O–H groups in total. The maximum atomic E-state index is 12.0. The number of carbonyl (C=O) groups is 2. The van der Waals surface area contributed by atoms with Crippen molar-refractivity contribution in [3.05, 3.63) is 0 Å². The van der Waals surface area contributed by atoms with Gasteiger partial charge in [-0.1, -0.05) is 12.8 Å².